The number of H-pyrrole nitrogens is 1. The molecule has 0 saturated carbocycles. The van der Waals surface area contributed by atoms with E-state index in [1.807, 2.05) is 31.2 Å². The summed E-state index contributed by atoms with van der Waals surface area (Å²) in [6, 6.07) is 9.43. The first-order valence-corrected chi connectivity index (χ1v) is 6.33. The zero-order chi connectivity index (χ0) is 14.3. The summed E-state index contributed by atoms with van der Waals surface area (Å²) < 4.78 is 10.6. The molecule has 3 aromatic rings. The van der Waals surface area contributed by atoms with Crippen LogP contribution in [-0.2, 0) is 0 Å². The van der Waals surface area contributed by atoms with Crippen molar-refractivity contribution in [3.8, 4) is 11.5 Å². The number of methoxy groups -OCH3 is 2. The number of hydrogen-bond donors (Lipinski definition) is 1. The summed E-state index contributed by atoms with van der Waals surface area (Å²) in [6.45, 7) is 1.95. The molecule has 0 amide bonds. The third-order valence-corrected chi connectivity index (χ3v) is 3.55. The first-order valence-electron chi connectivity index (χ1n) is 6.33. The van der Waals surface area contributed by atoms with E-state index in [0.29, 0.717) is 11.1 Å². The summed E-state index contributed by atoms with van der Waals surface area (Å²) in [7, 11) is 3.20. The molecule has 0 fully saturated rings. The second-order valence-electron chi connectivity index (χ2n) is 4.70. The molecule has 4 heteroatoms. The Morgan fingerprint density at radius 1 is 1.05 bits per heavy atom. The van der Waals surface area contributed by atoms with E-state index >= 15 is 0 Å². The Balaban J connectivity index is 2.58. The van der Waals surface area contributed by atoms with Gasteiger partial charge in [-0.25, -0.2) is 0 Å². The molecule has 0 spiro atoms. The highest BCUT2D eigenvalue weighted by molar-refractivity contribution is 6.08. The number of aromatic nitrogens is 1. The number of nitrogens with one attached hydrogen (secondary N) is 1. The van der Waals surface area contributed by atoms with Gasteiger partial charge in [-0.05, 0) is 30.7 Å². The molecule has 102 valence electrons. The Hall–Kier alpha value is -2.49. The molecule has 0 unspecified atom stereocenters. The highest BCUT2D eigenvalue weighted by atomic mass is 16.5. The normalized spacial score (nSPS) is 10.9. The van der Waals surface area contributed by atoms with Gasteiger partial charge < -0.3 is 14.5 Å². The van der Waals surface area contributed by atoms with Gasteiger partial charge in [0.15, 0.2) is 0 Å². The largest absolute Gasteiger partial charge is 0.497 e. The summed E-state index contributed by atoms with van der Waals surface area (Å²) in [6.07, 6.45) is 0. The van der Waals surface area contributed by atoms with Crippen LogP contribution < -0.4 is 15.0 Å². The van der Waals surface area contributed by atoms with Crippen molar-refractivity contribution in [2.24, 2.45) is 0 Å². The van der Waals surface area contributed by atoms with Crippen molar-refractivity contribution in [2.75, 3.05) is 14.2 Å². The van der Waals surface area contributed by atoms with Crippen LogP contribution in [0, 0.1) is 6.92 Å². The van der Waals surface area contributed by atoms with Crippen LogP contribution in [0.5, 0.6) is 11.5 Å². The maximum Gasteiger partial charge on any atom is 0.260 e. The third-order valence-electron chi connectivity index (χ3n) is 3.55. The molecule has 4 nitrogen and oxygen atoms in total. The molecule has 1 heterocycles. The summed E-state index contributed by atoms with van der Waals surface area (Å²) in [5.41, 5.74) is 1.66. The number of aryl methyl sites for hydroxylation is 1. The fraction of sp³-hybridized carbons (Fsp3) is 0.188. The van der Waals surface area contributed by atoms with Crippen LogP contribution in [0.2, 0.25) is 0 Å². The van der Waals surface area contributed by atoms with Crippen molar-refractivity contribution >= 4 is 21.7 Å². The van der Waals surface area contributed by atoms with Crippen LogP contribution in [0.15, 0.2) is 35.1 Å². The fourth-order valence-electron chi connectivity index (χ4n) is 2.59. The Morgan fingerprint density at radius 2 is 1.85 bits per heavy atom. The molecule has 20 heavy (non-hydrogen) atoms. The van der Waals surface area contributed by atoms with Gasteiger partial charge >= 0.3 is 0 Å². The molecule has 0 aliphatic rings. The van der Waals surface area contributed by atoms with Gasteiger partial charge in [0, 0.05) is 10.8 Å². The van der Waals surface area contributed by atoms with Gasteiger partial charge in [0.2, 0.25) is 0 Å². The minimum absolute atomic E-state index is 0.141. The van der Waals surface area contributed by atoms with Gasteiger partial charge in [0.25, 0.3) is 5.56 Å². The molecule has 0 saturated heterocycles. The Labute approximate surface area is 115 Å². The van der Waals surface area contributed by atoms with E-state index in [1.165, 1.54) is 0 Å². The molecule has 0 aliphatic carbocycles. The first kappa shape index (κ1) is 12.5. The molecular weight excluding hydrogens is 254 g/mol. The topological polar surface area (TPSA) is 51.3 Å². The minimum atomic E-state index is -0.141. The minimum Gasteiger partial charge on any atom is -0.497 e. The predicted molar refractivity (Wildman–Crippen MR) is 79.9 cm³/mol. The quantitative estimate of drug-likeness (QED) is 0.728. The van der Waals surface area contributed by atoms with E-state index in [4.69, 9.17) is 9.47 Å². The Bertz CT molecular complexity index is 865. The van der Waals surface area contributed by atoms with Crippen LogP contribution in [-0.4, -0.2) is 19.2 Å². The van der Waals surface area contributed by atoms with E-state index in [-0.39, 0.29) is 5.56 Å². The van der Waals surface area contributed by atoms with Gasteiger partial charge in [-0.2, -0.15) is 0 Å². The van der Waals surface area contributed by atoms with Crippen LogP contribution >= 0.6 is 0 Å². The molecule has 1 N–H and O–H groups in total. The van der Waals surface area contributed by atoms with E-state index in [1.54, 1.807) is 20.3 Å². The second kappa shape index (κ2) is 4.56. The predicted octanol–water partition coefficient (Wildman–Crippen LogP) is 3.01. The standard InChI is InChI=1S/C16H15NO3/c1-9-7-10(19-2)8-12-11-5-4-6-13(20-3)14(11)16(18)17-15(9)12/h4-8H,1-3H3,(H,17,18). The fourth-order valence-corrected chi connectivity index (χ4v) is 2.59. The lowest BCUT2D eigenvalue weighted by Gasteiger charge is -2.10. The molecule has 0 aliphatic heterocycles. The van der Waals surface area contributed by atoms with Crippen molar-refractivity contribution in [2.45, 2.75) is 6.92 Å². The first-order chi connectivity index (χ1) is 9.65. The number of pyridine rings is 1. The van der Waals surface area contributed by atoms with Crippen LogP contribution in [0.25, 0.3) is 21.7 Å². The third kappa shape index (κ3) is 1.72. The molecule has 2 aromatic carbocycles. The summed E-state index contributed by atoms with van der Waals surface area (Å²) in [4.78, 5) is 15.2. The molecular formula is C16H15NO3. The zero-order valence-electron chi connectivity index (χ0n) is 11.6. The number of ether oxygens (including phenoxy) is 2. The SMILES string of the molecule is COc1cc(C)c2[nH]c(=O)c3c(OC)cccc3c2c1. The number of rotatable bonds is 2. The second-order valence-corrected chi connectivity index (χ2v) is 4.70. The lowest BCUT2D eigenvalue weighted by molar-refractivity contribution is 0.415. The van der Waals surface area contributed by atoms with E-state index < -0.39 is 0 Å². The van der Waals surface area contributed by atoms with Crippen molar-refractivity contribution < 1.29 is 9.47 Å². The van der Waals surface area contributed by atoms with Crippen molar-refractivity contribution in [3.05, 3.63) is 46.2 Å². The molecule has 0 radical (unpaired) electrons. The maximum absolute atomic E-state index is 12.3. The summed E-state index contributed by atoms with van der Waals surface area (Å²) in [5, 5.41) is 2.38. The molecule has 3 rings (SSSR count). The van der Waals surface area contributed by atoms with Crippen molar-refractivity contribution in [1.82, 2.24) is 4.98 Å². The van der Waals surface area contributed by atoms with Gasteiger partial charge in [0.1, 0.15) is 11.5 Å². The summed E-state index contributed by atoms with van der Waals surface area (Å²) in [5.74, 6) is 1.34. The van der Waals surface area contributed by atoms with Crippen molar-refractivity contribution in [3.63, 3.8) is 0 Å². The molecule has 0 atom stereocenters. The van der Waals surface area contributed by atoms with Crippen LogP contribution in [0.1, 0.15) is 5.56 Å². The average molecular weight is 269 g/mol. The lowest BCUT2D eigenvalue weighted by atomic mass is 10.0. The van der Waals surface area contributed by atoms with Crippen LogP contribution in [0.4, 0.5) is 0 Å². The number of fused-ring (bicyclic) bond motifs is 3. The van der Waals surface area contributed by atoms with E-state index in [2.05, 4.69) is 4.98 Å². The Kier molecular flexibility index (Phi) is 2.86. The highest BCUT2D eigenvalue weighted by Crippen LogP contribution is 2.31. The van der Waals surface area contributed by atoms with Gasteiger partial charge in [0.05, 0.1) is 25.1 Å². The average Bonchev–Trinajstić information content (AvgIpc) is 2.47. The summed E-state index contributed by atoms with van der Waals surface area (Å²) >= 11 is 0. The zero-order valence-corrected chi connectivity index (χ0v) is 11.6. The van der Waals surface area contributed by atoms with E-state index in [9.17, 15) is 4.79 Å². The van der Waals surface area contributed by atoms with Crippen molar-refractivity contribution in [1.29, 1.82) is 0 Å². The number of aromatic amines is 1. The monoisotopic (exact) mass is 269 g/mol. The van der Waals surface area contributed by atoms with Crippen LogP contribution in [0.3, 0.4) is 0 Å². The van der Waals surface area contributed by atoms with Gasteiger partial charge in [-0.1, -0.05) is 12.1 Å². The Morgan fingerprint density at radius 3 is 2.55 bits per heavy atom. The van der Waals surface area contributed by atoms with E-state index in [0.717, 1.165) is 27.6 Å². The smallest absolute Gasteiger partial charge is 0.260 e. The van der Waals surface area contributed by atoms with Gasteiger partial charge in [-0.15, -0.1) is 0 Å². The van der Waals surface area contributed by atoms with Gasteiger partial charge in [-0.3, -0.25) is 4.79 Å². The molecule has 1 aromatic heterocycles. The maximum atomic E-state index is 12.3. The highest BCUT2D eigenvalue weighted by Gasteiger charge is 2.12. The lowest BCUT2D eigenvalue weighted by Crippen LogP contribution is -2.08. The molecule has 0 bridgehead atoms. The number of benzene rings is 2. The number of hydrogen-bond acceptors (Lipinski definition) is 3.